The van der Waals surface area contributed by atoms with Crippen molar-refractivity contribution in [1.82, 2.24) is 0 Å². The molecule has 0 amide bonds. The standard InChI is InChI=1S/C12H13ClO/c13-12(7-14-8-12)11-5-4-9-2-1-3-10(9)6-11/h4-6H,1-3,7-8H2. The second-order valence-electron chi connectivity index (χ2n) is 4.30. The minimum Gasteiger partial charge on any atom is -0.377 e. The van der Waals surface area contributed by atoms with E-state index >= 15 is 0 Å². The molecule has 0 bridgehead atoms. The van der Waals surface area contributed by atoms with Crippen molar-refractivity contribution in [2.75, 3.05) is 13.2 Å². The minimum absolute atomic E-state index is 0.225. The summed E-state index contributed by atoms with van der Waals surface area (Å²) in [5.74, 6) is 0. The third-order valence-corrected chi connectivity index (χ3v) is 3.71. The van der Waals surface area contributed by atoms with Gasteiger partial charge in [0.15, 0.2) is 0 Å². The van der Waals surface area contributed by atoms with Gasteiger partial charge in [0.25, 0.3) is 0 Å². The van der Waals surface area contributed by atoms with E-state index in [-0.39, 0.29) is 4.87 Å². The number of benzene rings is 1. The van der Waals surface area contributed by atoms with E-state index in [4.69, 9.17) is 16.3 Å². The number of hydrogen-bond acceptors (Lipinski definition) is 1. The Hall–Kier alpha value is -0.530. The molecule has 1 aliphatic carbocycles. The normalized spacial score (nSPS) is 22.9. The van der Waals surface area contributed by atoms with Crippen LogP contribution in [0.15, 0.2) is 18.2 Å². The molecule has 0 saturated carbocycles. The molecular formula is C12H13ClO. The van der Waals surface area contributed by atoms with Crippen molar-refractivity contribution in [3.05, 3.63) is 34.9 Å². The smallest absolute Gasteiger partial charge is 0.116 e. The summed E-state index contributed by atoms with van der Waals surface area (Å²) < 4.78 is 5.18. The SMILES string of the molecule is ClC1(c2ccc3c(c2)CCC3)COC1. The van der Waals surface area contributed by atoms with Crippen molar-refractivity contribution in [3.63, 3.8) is 0 Å². The Morgan fingerprint density at radius 3 is 2.64 bits per heavy atom. The van der Waals surface area contributed by atoms with Gasteiger partial charge in [0.1, 0.15) is 4.87 Å². The number of aryl methyl sites for hydroxylation is 2. The molecule has 0 atom stereocenters. The van der Waals surface area contributed by atoms with Crippen molar-refractivity contribution in [1.29, 1.82) is 0 Å². The summed E-state index contributed by atoms with van der Waals surface area (Å²) in [5, 5.41) is 0. The molecule has 1 aromatic carbocycles. The molecule has 1 aliphatic heterocycles. The first-order chi connectivity index (χ1) is 6.78. The van der Waals surface area contributed by atoms with Crippen LogP contribution < -0.4 is 0 Å². The van der Waals surface area contributed by atoms with Crippen molar-refractivity contribution in [3.8, 4) is 0 Å². The number of fused-ring (bicyclic) bond motifs is 1. The molecule has 2 heteroatoms. The van der Waals surface area contributed by atoms with Gasteiger partial charge in [-0.3, -0.25) is 0 Å². The van der Waals surface area contributed by atoms with Crippen LogP contribution in [0.1, 0.15) is 23.1 Å². The van der Waals surface area contributed by atoms with Crippen LogP contribution in [0.5, 0.6) is 0 Å². The summed E-state index contributed by atoms with van der Waals surface area (Å²) in [6.07, 6.45) is 3.75. The van der Waals surface area contributed by atoms with Crippen LogP contribution in [-0.2, 0) is 22.5 Å². The summed E-state index contributed by atoms with van der Waals surface area (Å²) in [4.78, 5) is -0.225. The zero-order valence-corrected chi connectivity index (χ0v) is 8.81. The fraction of sp³-hybridized carbons (Fsp3) is 0.500. The molecule has 0 N–H and O–H groups in total. The van der Waals surface area contributed by atoms with Crippen LogP contribution in [0.3, 0.4) is 0 Å². The highest BCUT2D eigenvalue weighted by atomic mass is 35.5. The van der Waals surface area contributed by atoms with Crippen molar-refractivity contribution in [2.45, 2.75) is 24.1 Å². The molecule has 0 unspecified atom stereocenters. The van der Waals surface area contributed by atoms with Gasteiger partial charge in [0, 0.05) is 0 Å². The number of hydrogen-bond donors (Lipinski definition) is 0. The molecule has 2 aliphatic rings. The van der Waals surface area contributed by atoms with E-state index in [0.29, 0.717) is 13.2 Å². The topological polar surface area (TPSA) is 9.23 Å². The molecule has 1 saturated heterocycles. The molecule has 1 nitrogen and oxygen atoms in total. The molecule has 1 aromatic rings. The third kappa shape index (κ3) is 1.19. The zero-order chi connectivity index (χ0) is 9.60. The first kappa shape index (κ1) is 8.75. The molecule has 0 radical (unpaired) electrons. The second kappa shape index (κ2) is 2.98. The lowest BCUT2D eigenvalue weighted by Gasteiger charge is -2.36. The van der Waals surface area contributed by atoms with Gasteiger partial charge in [-0.2, -0.15) is 0 Å². The Balaban J connectivity index is 2.00. The fourth-order valence-corrected chi connectivity index (χ4v) is 2.57. The van der Waals surface area contributed by atoms with Crippen molar-refractivity contribution < 1.29 is 4.74 Å². The van der Waals surface area contributed by atoms with Crippen LogP contribution in [0.4, 0.5) is 0 Å². The highest BCUT2D eigenvalue weighted by molar-refractivity contribution is 6.24. The first-order valence-electron chi connectivity index (χ1n) is 5.17. The summed E-state index contributed by atoms with van der Waals surface area (Å²) >= 11 is 6.41. The van der Waals surface area contributed by atoms with Gasteiger partial charge in [-0.1, -0.05) is 18.2 Å². The molecule has 0 spiro atoms. The van der Waals surface area contributed by atoms with Crippen molar-refractivity contribution >= 4 is 11.6 Å². The van der Waals surface area contributed by atoms with E-state index in [0.717, 1.165) is 0 Å². The van der Waals surface area contributed by atoms with Gasteiger partial charge in [0.05, 0.1) is 13.2 Å². The molecule has 1 heterocycles. The van der Waals surface area contributed by atoms with Crippen LogP contribution in [0.25, 0.3) is 0 Å². The lowest BCUT2D eigenvalue weighted by atomic mass is 9.93. The number of halogens is 1. The number of ether oxygens (including phenoxy) is 1. The lowest BCUT2D eigenvalue weighted by Crippen LogP contribution is -2.41. The molecule has 74 valence electrons. The van der Waals surface area contributed by atoms with E-state index < -0.39 is 0 Å². The Morgan fingerprint density at radius 2 is 1.93 bits per heavy atom. The largest absolute Gasteiger partial charge is 0.377 e. The first-order valence-corrected chi connectivity index (χ1v) is 5.55. The Bertz CT molecular complexity index is 369. The average molecular weight is 209 g/mol. The predicted molar refractivity (Wildman–Crippen MR) is 56.8 cm³/mol. The van der Waals surface area contributed by atoms with Gasteiger partial charge >= 0.3 is 0 Å². The molecular weight excluding hydrogens is 196 g/mol. The quantitative estimate of drug-likeness (QED) is 0.645. The lowest BCUT2D eigenvalue weighted by molar-refractivity contribution is -0.0152. The Morgan fingerprint density at radius 1 is 1.14 bits per heavy atom. The predicted octanol–water partition coefficient (Wildman–Crippen LogP) is 2.64. The molecule has 3 rings (SSSR count). The van der Waals surface area contributed by atoms with Crippen molar-refractivity contribution in [2.24, 2.45) is 0 Å². The maximum atomic E-state index is 6.41. The zero-order valence-electron chi connectivity index (χ0n) is 8.05. The Labute approximate surface area is 89.0 Å². The fourth-order valence-electron chi connectivity index (χ4n) is 2.30. The van der Waals surface area contributed by atoms with E-state index in [9.17, 15) is 0 Å². The summed E-state index contributed by atoms with van der Waals surface area (Å²) in [6, 6.07) is 6.68. The molecule has 1 fully saturated rings. The van der Waals surface area contributed by atoms with Crippen LogP contribution in [-0.4, -0.2) is 13.2 Å². The van der Waals surface area contributed by atoms with Gasteiger partial charge in [-0.05, 0) is 36.0 Å². The highest BCUT2D eigenvalue weighted by Crippen LogP contribution is 2.38. The van der Waals surface area contributed by atoms with E-state index in [2.05, 4.69) is 18.2 Å². The summed E-state index contributed by atoms with van der Waals surface area (Å²) in [5.41, 5.74) is 4.25. The van der Waals surface area contributed by atoms with Gasteiger partial charge in [-0.25, -0.2) is 0 Å². The number of rotatable bonds is 1. The van der Waals surface area contributed by atoms with Crippen LogP contribution in [0, 0.1) is 0 Å². The summed E-state index contributed by atoms with van der Waals surface area (Å²) in [6.45, 7) is 1.32. The molecule has 0 aromatic heterocycles. The van der Waals surface area contributed by atoms with Crippen LogP contribution >= 0.6 is 11.6 Å². The monoisotopic (exact) mass is 208 g/mol. The Kier molecular flexibility index (Phi) is 1.86. The number of alkyl halides is 1. The summed E-state index contributed by atoms with van der Waals surface area (Å²) in [7, 11) is 0. The van der Waals surface area contributed by atoms with Gasteiger partial charge in [0.2, 0.25) is 0 Å². The third-order valence-electron chi connectivity index (χ3n) is 3.28. The maximum absolute atomic E-state index is 6.41. The van der Waals surface area contributed by atoms with E-state index in [1.54, 1.807) is 0 Å². The molecule has 14 heavy (non-hydrogen) atoms. The maximum Gasteiger partial charge on any atom is 0.116 e. The highest BCUT2D eigenvalue weighted by Gasteiger charge is 2.38. The van der Waals surface area contributed by atoms with E-state index in [1.807, 2.05) is 0 Å². The minimum atomic E-state index is -0.225. The van der Waals surface area contributed by atoms with Gasteiger partial charge < -0.3 is 4.74 Å². The second-order valence-corrected chi connectivity index (χ2v) is 5.02. The van der Waals surface area contributed by atoms with Gasteiger partial charge in [-0.15, -0.1) is 11.6 Å². The van der Waals surface area contributed by atoms with E-state index in [1.165, 1.54) is 36.0 Å². The average Bonchev–Trinajstić information content (AvgIpc) is 2.60. The van der Waals surface area contributed by atoms with Crippen LogP contribution in [0.2, 0.25) is 0 Å².